The molecule has 2 saturated heterocycles. The fourth-order valence-electron chi connectivity index (χ4n) is 3.34. The van der Waals surface area contributed by atoms with E-state index in [0.29, 0.717) is 11.8 Å². The lowest BCUT2D eigenvalue weighted by Gasteiger charge is -2.37. The molecule has 2 amide bonds. The Kier molecular flexibility index (Phi) is 5.02. The van der Waals surface area contributed by atoms with Crippen LogP contribution in [-0.2, 0) is 9.59 Å². The quantitative estimate of drug-likeness (QED) is 0.799. The van der Waals surface area contributed by atoms with Gasteiger partial charge in [-0.05, 0) is 38.1 Å². The maximum Gasteiger partial charge on any atom is 0.230 e. The molecule has 0 aromatic carbocycles. The van der Waals surface area contributed by atoms with Crippen LogP contribution in [-0.4, -0.2) is 49.4 Å². The SMILES string of the molecule is CCC1(C(=O)N2CCC(CNC(C)=O)CC2)CCNC1. The molecule has 2 aliphatic rings. The Balaban J connectivity index is 1.84. The van der Waals surface area contributed by atoms with Gasteiger partial charge in [0.1, 0.15) is 0 Å². The van der Waals surface area contributed by atoms with Crippen molar-refractivity contribution in [2.75, 3.05) is 32.7 Å². The molecule has 2 rings (SSSR count). The molecule has 1 atom stereocenters. The second kappa shape index (κ2) is 6.57. The van der Waals surface area contributed by atoms with E-state index >= 15 is 0 Å². The molecule has 5 nitrogen and oxygen atoms in total. The molecule has 0 bridgehead atoms. The van der Waals surface area contributed by atoms with Crippen molar-refractivity contribution in [3.8, 4) is 0 Å². The third-order valence-corrected chi connectivity index (χ3v) is 4.92. The Morgan fingerprint density at radius 1 is 1.35 bits per heavy atom. The maximum absolute atomic E-state index is 12.7. The third-order valence-electron chi connectivity index (χ3n) is 4.92. The maximum atomic E-state index is 12.7. The first-order valence-electron chi connectivity index (χ1n) is 7.82. The first-order valence-corrected chi connectivity index (χ1v) is 7.82. The van der Waals surface area contributed by atoms with Gasteiger partial charge in [0.2, 0.25) is 11.8 Å². The number of likely N-dealkylation sites (tertiary alicyclic amines) is 1. The molecule has 2 N–H and O–H groups in total. The van der Waals surface area contributed by atoms with Crippen LogP contribution < -0.4 is 10.6 Å². The molecule has 2 heterocycles. The molecule has 0 aromatic rings. The number of hydrogen-bond acceptors (Lipinski definition) is 3. The Labute approximate surface area is 121 Å². The molecule has 0 radical (unpaired) electrons. The third kappa shape index (κ3) is 3.32. The van der Waals surface area contributed by atoms with Gasteiger partial charge >= 0.3 is 0 Å². The average molecular weight is 281 g/mol. The molecule has 1 unspecified atom stereocenters. The summed E-state index contributed by atoms with van der Waals surface area (Å²) in [5.74, 6) is 0.885. The molecular weight excluding hydrogens is 254 g/mol. The van der Waals surface area contributed by atoms with Crippen molar-refractivity contribution >= 4 is 11.8 Å². The minimum atomic E-state index is -0.162. The summed E-state index contributed by atoms with van der Waals surface area (Å²) in [6, 6.07) is 0. The van der Waals surface area contributed by atoms with Gasteiger partial charge in [-0.2, -0.15) is 0 Å². The number of piperidine rings is 1. The Morgan fingerprint density at radius 3 is 2.55 bits per heavy atom. The number of nitrogens with zero attached hydrogens (tertiary/aromatic N) is 1. The van der Waals surface area contributed by atoms with E-state index in [1.54, 1.807) is 6.92 Å². The molecule has 0 aliphatic carbocycles. The summed E-state index contributed by atoms with van der Waals surface area (Å²) < 4.78 is 0. The number of amides is 2. The highest BCUT2D eigenvalue weighted by Crippen LogP contribution is 2.33. The first-order chi connectivity index (χ1) is 9.57. The number of carbonyl (C=O) groups excluding carboxylic acids is 2. The minimum Gasteiger partial charge on any atom is -0.356 e. The van der Waals surface area contributed by atoms with Crippen LogP contribution in [0.25, 0.3) is 0 Å². The molecule has 114 valence electrons. The predicted molar refractivity (Wildman–Crippen MR) is 78.2 cm³/mol. The van der Waals surface area contributed by atoms with Crippen LogP contribution in [0.3, 0.4) is 0 Å². The standard InChI is InChI=1S/C15H27N3O2/c1-3-15(6-7-16-11-15)14(20)18-8-4-13(5-9-18)10-17-12(2)19/h13,16H,3-11H2,1-2H3,(H,17,19). The number of nitrogens with one attached hydrogen (secondary N) is 2. The van der Waals surface area contributed by atoms with E-state index in [1.807, 2.05) is 4.90 Å². The predicted octanol–water partition coefficient (Wildman–Crippen LogP) is 0.751. The molecule has 5 heteroatoms. The van der Waals surface area contributed by atoms with Gasteiger partial charge in [-0.3, -0.25) is 9.59 Å². The first kappa shape index (κ1) is 15.3. The summed E-state index contributed by atoms with van der Waals surface area (Å²) in [7, 11) is 0. The molecule has 20 heavy (non-hydrogen) atoms. The van der Waals surface area contributed by atoms with Crippen molar-refractivity contribution in [1.29, 1.82) is 0 Å². The van der Waals surface area contributed by atoms with Crippen LogP contribution in [0.2, 0.25) is 0 Å². The molecule has 0 aromatic heterocycles. The number of rotatable bonds is 4. The van der Waals surface area contributed by atoms with Crippen LogP contribution in [0, 0.1) is 11.3 Å². The Bertz CT molecular complexity index is 356. The van der Waals surface area contributed by atoms with Crippen LogP contribution in [0.15, 0.2) is 0 Å². The smallest absolute Gasteiger partial charge is 0.230 e. The summed E-state index contributed by atoms with van der Waals surface area (Å²) in [6.45, 7) is 7.88. The summed E-state index contributed by atoms with van der Waals surface area (Å²) in [6.07, 6.45) is 3.89. The van der Waals surface area contributed by atoms with Gasteiger partial charge < -0.3 is 15.5 Å². The fraction of sp³-hybridized carbons (Fsp3) is 0.867. The molecular formula is C15H27N3O2. The summed E-state index contributed by atoms with van der Waals surface area (Å²) in [5, 5.41) is 6.21. The molecule has 2 aliphatic heterocycles. The molecule has 0 spiro atoms. The van der Waals surface area contributed by atoms with Gasteiger partial charge in [-0.15, -0.1) is 0 Å². The van der Waals surface area contributed by atoms with Gasteiger partial charge in [0.15, 0.2) is 0 Å². The average Bonchev–Trinajstić information content (AvgIpc) is 2.95. The Morgan fingerprint density at radius 2 is 2.05 bits per heavy atom. The lowest BCUT2D eigenvalue weighted by molar-refractivity contribution is -0.143. The van der Waals surface area contributed by atoms with Crippen molar-refractivity contribution in [3.05, 3.63) is 0 Å². The van der Waals surface area contributed by atoms with Crippen LogP contribution in [0.5, 0.6) is 0 Å². The zero-order valence-corrected chi connectivity index (χ0v) is 12.7. The van der Waals surface area contributed by atoms with Crippen LogP contribution in [0.4, 0.5) is 0 Å². The number of carbonyl (C=O) groups is 2. The monoisotopic (exact) mass is 281 g/mol. The van der Waals surface area contributed by atoms with E-state index in [-0.39, 0.29) is 11.3 Å². The molecule has 0 saturated carbocycles. The van der Waals surface area contributed by atoms with E-state index in [0.717, 1.165) is 58.4 Å². The lowest BCUT2D eigenvalue weighted by Crippen LogP contribution is -2.49. The highest BCUT2D eigenvalue weighted by atomic mass is 16.2. The zero-order valence-electron chi connectivity index (χ0n) is 12.7. The highest BCUT2D eigenvalue weighted by Gasteiger charge is 2.42. The summed E-state index contributed by atoms with van der Waals surface area (Å²) in [4.78, 5) is 25.7. The van der Waals surface area contributed by atoms with E-state index in [1.165, 1.54) is 0 Å². The summed E-state index contributed by atoms with van der Waals surface area (Å²) in [5.41, 5.74) is -0.162. The van der Waals surface area contributed by atoms with E-state index in [9.17, 15) is 9.59 Å². The zero-order chi connectivity index (χ0) is 14.6. The van der Waals surface area contributed by atoms with Gasteiger partial charge in [0.25, 0.3) is 0 Å². The number of hydrogen-bond donors (Lipinski definition) is 2. The van der Waals surface area contributed by atoms with Crippen molar-refractivity contribution in [3.63, 3.8) is 0 Å². The van der Waals surface area contributed by atoms with Crippen molar-refractivity contribution in [2.24, 2.45) is 11.3 Å². The summed E-state index contributed by atoms with van der Waals surface area (Å²) >= 11 is 0. The van der Waals surface area contributed by atoms with Gasteiger partial charge in [-0.25, -0.2) is 0 Å². The highest BCUT2D eigenvalue weighted by molar-refractivity contribution is 5.83. The van der Waals surface area contributed by atoms with Gasteiger partial charge in [-0.1, -0.05) is 6.92 Å². The van der Waals surface area contributed by atoms with Crippen molar-refractivity contribution in [1.82, 2.24) is 15.5 Å². The topological polar surface area (TPSA) is 61.4 Å². The van der Waals surface area contributed by atoms with E-state index < -0.39 is 0 Å². The van der Waals surface area contributed by atoms with Gasteiger partial charge in [0.05, 0.1) is 5.41 Å². The van der Waals surface area contributed by atoms with Crippen molar-refractivity contribution in [2.45, 2.75) is 39.5 Å². The van der Waals surface area contributed by atoms with Gasteiger partial charge in [0, 0.05) is 33.1 Å². The van der Waals surface area contributed by atoms with Crippen LogP contribution >= 0.6 is 0 Å². The Hall–Kier alpha value is -1.10. The second-order valence-corrected chi connectivity index (χ2v) is 6.23. The van der Waals surface area contributed by atoms with E-state index in [2.05, 4.69) is 17.6 Å². The fourth-order valence-corrected chi connectivity index (χ4v) is 3.34. The second-order valence-electron chi connectivity index (χ2n) is 6.23. The lowest BCUT2D eigenvalue weighted by atomic mass is 9.82. The largest absolute Gasteiger partial charge is 0.356 e. The van der Waals surface area contributed by atoms with E-state index in [4.69, 9.17) is 0 Å². The normalized spacial score (nSPS) is 27.6. The molecule has 2 fully saturated rings. The minimum absolute atomic E-state index is 0.0328. The van der Waals surface area contributed by atoms with Crippen molar-refractivity contribution < 1.29 is 9.59 Å². The van der Waals surface area contributed by atoms with Crippen LogP contribution in [0.1, 0.15) is 39.5 Å².